The van der Waals surface area contributed by atoms with Gasteiger partial charge in [-0.15, -0.1) is 0 Å². The van der Waals surface area contributed by atoms with Crippen LogP contribution in [0.3, 0.4) is 0 Å². The molecule has 1 aromatic carbocycles. The highest BCUT2D eigenvalue weighted by Gasteiger charge is 2.29. The number of hydrogen-bond donors (Lipinski definition) is 2. The average molecular weight is 309 g/mol. The molecule has 0 unspecified atom stereocenters. The molecule has 0 bridgehead atoms. The van der Waals surface area contributed by atoms with Gasteiger partial charge in [-0.25, -0.2) is 0 Å². The van der Waals surface area contributed by atoms with Crippen molar-refractivity contribution in [1.82, 2.24) is 0 Å². The van der Waals surface area contributed by atoms with E-state index in [0.717, 1.165) is 11.8 Å². The Hall–Kier alpha value is -2.22. The molecule has 0 radical (unpaired) electrons. The van der Waals surface area contributed by atoms with E-state index in [0.29, 0.717) is 17.2 Å². The molecule has 1 aliphatic rings. The van der Waals surface area contributed by atoms with Gasteiger partial charge in [0.2, 0.25) is 5.91 Å². The number of aliphatic imine (C=N–C) groups is 1. The van der Waals surface area contributed by atoms with Crippen LogP contribution in [-0.2, 0) is 9.59 Å². The number of nitrogens with one attached hydrogen (secondary N) is 1. The lowest BCUT2D eigenvalue weighted by Crippen LogP contribution is -2.21. The summed E-state index contributed by atoms with van der Waals surface area (Å²) < 4.78 is 10.3. The first-order chi connectivity index (χ1) is 10.0. The minimum absolute atomic E-state index is 0.00286. The Balaban J connectivity index is 2.01. The highest BCUT2D eigenvalue weighted by atomic mass is 32.2. The van der Waals surface area contributed by atoms with Crippen molar-refractivity contribution in [2.45, 2.75) is 11.7 Å². The van der Waals surface area contributed by atoms with Gasteiger partial charge in [-0.1, -0.05) is 11.8 Å². The summed E-state index contributed by atoms with van der Waals surface area (Å²) in [6.45, 7) is 0. The van der Waals surface area contributed by atoms with Crippen LogP contribution >= 0.6 is 11.8 Å². The van der Waals surface area contributed by atoms with Gasteiger partial charge in [-0.3, -0.25) is 9.59 Å². The van der Waals surface area contributed by atoms with Gasteiger partial charge in [0.05, 0.1) is 19.9 Å². The lowest BCUT2D eigenvalue weighted by molar-refractivity contribution is -0.121. The predicted octanol–water partition coefficient (Wildman–Crippen LogP) is 0.989. The molecular formula is C13H15N3O4S. The van der Waals surface area contributed by atoms with Crippen LogP contribution in [0.25, 0.3) is 0 Å². The summed E-state index contributed by atoms with van der Waals surface area (Å²) in [7, 11) is 3.04. The summed E-state index contributed by atoms with van der Waals surface area (Å²) in [6.07, 6.45) is 0.00286. The molecule has 2 amide bonds. The zero-order valence-corrected chi connectivity index (χ0v) is 12.4. The van der Waals surface area contributed by atoms with Crippen molar-refractivity contribution in [3.05, 3.63) is 18.2 Å². The number of ether oxygens (including phenoxy) is 2. The summed E-state index contributed by atoms with van der Waals surface area (Å²) in [4.78, 5) is 27.0. The van der Waals surface area contributed by atoms with Crippen LogP contribution in [0.1, 0.15) is 6.42 Å². The molecule has 0 saturated heterocycles. The Morgan fingerprint density at radius 3 is 2.76 bits per heavy atom. The molecule has 2 rings (SSSR count). The first-order valence-electron chi connectivity index (χ1n) is 6.10. The van der Waals surface area contributed by atoms with E-state index in [1.807, 2.05) is 0 Å². The van der Waals surface area contributed by atoms with E-state index >= 15 is 0 Å². The predicted molar refractivity (Wildman–Crippen MR) is 80.8 cm³/mol. The van der Waals surface area contributed by atoms with E-state index in [4.69, 9.17) is 15.2 Å². The Kier molecular flexibility index (Phi) is 4.69. The number of methoxy groups -OCH3 is 2. The van der Waals surface area contributed by atoms with Gasteiger partial charge >= 0.3 is 0 Å². The molecule has 0 aliphatic carbocycles. The summed E-state index contributed by atoms with van der Waals surface area (Å²) in [5.41, 5.74) is 5.96. The molecule has 1 aromatic rings. The van der Waals surface area contributed by atoms with E-state index in [1.165, 1.54) is 7.11 Å². The van der Waals surface area contributed by atoms with Crippen LogP contribution < -0.4 is 20.5 Å². The molecule has 0 spiro atoms. The van der Waals surface area contributed by atoms with Crippen molar-refractivity contribution < 1.29 is 19.1 Å². The number of benzene rings is 1. The molecule has 0 fully saturated rings. The van der Waals surface area contributed by atoms with Gasteiger partial charge < -0.3 is 20.5 Å². The number of carbonyl (C=O) groups excluding carboxylic acids is 2. The van der Waals surface area contributed by atoms with E-state index in [9.17, 15) is 9.59 Å². The molecule has 0 aromatic heterocycles. The highest BCUT2D eigenvalue weighted by Crippen LogP contribution is 2.30. The van der Waals surface area contributed by atoms with Crippen molar-refractivity contribution in [2.24, 2.45) is 10.7 Å². The Morgan fingerprint density at radius 1 is 1.43 bits per heavy atom. The fourth-order valence-corrected chi connectivity index (χ4v) is 2.63. The van der Waals surface area contributed by atoms with Crippen LogP contribution in [0.5, 0.6) is 11.5 Å². The van der Waals surface area contributed by atoms with Crippen molar-refractivity contribution in [3.63, 3.8) is 0 Å². The van der Waals surface area contributed by atoms with Crippen LogP contribution in [0.4, 0.5) is 5.69 Å². The van der Waals surface area contributed by atoms with Gasteiger partial charge in [0.25, 0.3) is 5.91 Å². The number of rotatable bonds is 5. The highest BCUT2D eigenvalue weighted by molar-refractivity contribution is 8.15. The Morgan fingerprint density at radius 2 is 2.19 bits per heavy atom. The third kappa shape index (κ3) is 3.66. The van der Waals surface area contributed by atoms with Crippen molar-refractivity contribution in [1.29, 1.82) is 0 Å². The zero-order valence-electron chi connectivity index (χ0n) is 11.6. The Labute approximate surface area is 125 Å². The second-order valence-corrected chi connectivity index (χ2v) is 5.44. The van der Waals surface area contributed by atoms with E-state index in [1.54, 1.807) is 25.3 Å². The molecule has 1 heterocycles. The van der Waals surface area contributed by atoms with E-state index in [-0.39, 0.29) is 23.4 Å². The van der Waals surface area contributed by atoms with E-state index in [2.05, 4.69) is 10.3 Å². The lowest BCUT2D eigenvalue weighted by atomic mass is 10.2. The van der Waals surface area contributed by atoms with Gasteiger partial charge in [-0.2, -0.15) is 4.99 Å². The van der Waals surface area contributed by atoms with Gasteiger partial charge in [-0.05, 0) is 12.1 Å². The molecule has 21 heavy (non-hydrogen) atoms. The fraction of sp³-hybridized carbons (Fsp3) is 0.308. The molecule has 7 nitrogen and oxygen atoms in total. The number of hydrogen-bond acceptors (Lipinski definition) is 6. The normalized spacial score (nSPS) is 17.3. The van der Waals surface area contributed by atoms with Crippen LogP contribution in [-0.4, -0.2) is 36.5 Å². The number of carbonyl (C=O) groups is 2. The van der Waals surface area contributed by atoms with Crippen molar-refractivity contribution in [3.8, 4) is 11.5 Å². The summed E-state index contributed by atoms with van der Waals surface area (Å²) in [5, 5.41) is 2.33. The second kappa shape index (κ2) is 6.49. The second-order valence-electron chi connectivity index (χ2n) is 4.21. The van der Waals surface area contributed by atoms with Crippen LogP contribution in [0, 0.1) is 0 Å². The maximum Gasteiger partial charge on any atom is 0.262 e. The zero-order chi connectivity index (χ0) is 15.4. The van der Waals surface area contributed by atoms with Gasteiger partial charge in [0, 0.05) is 12.5 Å². The molecule has 8 heteroatoms. The Bertz CT molecular complexity index is 603. The molecule has 3 N–H and O–H groups in total. The number of nitrogens with two attached hydrogens (primary N) is 1. The largest absolute Gasteiger partial charge is 0.497 e. The lowest BCUT2D eigenvalue weighted by Gasteiger charge is -2.12. The van der Waals surface area contributed by atoms with Crippen LogP contribution in [0.2, 0.25) is 0 Å². The van der Waals surface area contributed by atoms with Gasteiger partial charge in [0.1, 0.15) is 16.7 Å². The molecule has 1 atom stereocenters. The van der Waals surface area contributed by atoms with Crippen molar-refractivity contribution >= 4 is 34.4 Å². The quantitative estimate of drug-likeness (QED) is 0.840. The number of amidine groups is 1. The number of nitrogens with zero attached hydrogens (tertiary/aromatic N) is 1. The van der Waals surface area contributed by atoms with Gasteiger partial charge in [0.15, 0.2) is 5.17 Å². The van der Waals surface area contributed by atoms with E-state index < -0.39 is 5.25 Å². The summed E-state index contributed by atoms with van der Waals surface area (Å²) in [5.74, 6) is 0.403. The van der Waals surface area contributed by atoms with Crippen LogP contribution in [0.15, 0.2) is 23.2 Å². The minimum Gasteiger partial charge on any atom is -0.497 e. The third-order valence-electron chi connectivity index (χ3n) is 2.81. The summed E-state index contributed by atoms with van der Waals surface area (Å²) in [6, 6.07) is 5.03. The first kappa shape index (κ1) is 15.2. The topological polar surface area (TPSA) is 103 Å². The molecule has 112 valence electrons. The fourth-order valence-electron chi connectivity index (χ4n) is 1.80. The maximum atomic E-state index is 12.0. The molecule has 0 saturated carbocycles. The SMILES string of the molecule is COc1ccc(NC(=O)C[C@@H]2SC(N)=NC2=O)c(OC)c1. The number of anilines is 1. The number of thioether (sulfide) groups is 1. The van der Waals surface area contributed by atoms with Crippen molar-refractivity contribution in [2.75, 3.05) is 19.5 Å². The average Bonchev–Trinajstić information content (AvgIpc) is 2.77. The molecular weight excluding hydrogens is 294 g/mol. The third-order valence-corrected chi connectivity index (χ3v) is 3.80. The summed E-state index contributed by atoms with van der Waals surface area (Å²) >= 11 is 1.09. The maximum absolute atomic E-state index is 12.0. The smallest absolute Gasteiger partial charge is 0.262 e. The standard InChI is InChI=1S/C13H15N3O4S/c1-19-7-3-4-8(9(5-7)20-2)15-11(17)6-10-12(18)16-13(14)21-10/h3-5,10H,6H2,1-2H3,(H,15,17)(H2,14,16,18)/t10-/m0/s1. The number of amides is 2. The first-order valence-corrected chi connectivity index (χ1v) is 6.98. The minimum atomic E-state index is -0.561. The molecule has 1 aliphatic heterocycles. The monoisotopic (exact) mass is 309 g/mol.